The molecule has 1 atom stereocenters. The number of aliphatic hydroxyl groups excluding tert-OH is 1. The van der Waals surface area contributed by atoms with Crippen molar-refractivity contribution in [1.29, 1.82) is 0 Å². The molecule has 0 amide bonds. The van der Waals surface area contributed by atoms with Gasteiger partial charge < -0.3 is 10.4 Å². The number of likely N-dealkylation sites (tertiary alicyclic amines) is 1. The van der Waals surface area contributed by atoms with Crippen molar-refractivity contribution >= 4 is 36.2 Å². The highest BCUT2D eigenvalue weighted by Crippen LogP contribution is 2.20. The zero-order valence-corrected chi connectivity index (χ0v) is 15.3. The van der Waals surface area contributed by atoms with Crippen LogP contribution in [0.25, 0.3) is 0 Å². The molecule has 0 spiro atoms. The van der Waals surface area contributed by atoms with Crippen LogP contribution < -0.4 is 5.32 Å². The first kappa shape index (κ1) is 20.2. The Balaban J connectivity index is 0.00000121. The van der Waals surface area contributed by atoms with Gasteiger partial charge in [0, 0.05) is 44.1 Å². The smallest absolute Gasteiger partial charge is 0.0791 e. The van der Waals surface area contributed by atoms with E-state index in [1.54, 1.807) is 0 Å². The Bertz CT molecular complexity index is 427. The predicted octanol–water partition coefficient (Wildman–Crippen LogP) is 1.95. The van der Waals surface area contributed by atoms with Crippen LogP contribution in [0.4, 0.5) is 0 Å². The van der Waals surface area contributed by atoms with E-state index in [-0.39, 0.29) is 30.9 Å². The first-order valence-electron chi connectivity index (χ1n) is 7.69. The van der Waals surface area contributed by atoms with Gasteiger partial charge in [0.05, 0.1) is 6.10 Å². The molecular formula is C15H27Cl2N3OS. The Morgan fingerprint density at radius 2 is 1.91 bits per heavy atom. The lowest BCUT2D eigenvalue weighted by Gasteiger charge is -2.20. The standard InChI is InChI=1S/C15H25N3OS.2ClH/c19-14-8-16-3-6-18(10-14)11-15-7-13(12-20-15)9-17-4-1-2-5-17;;/h7,12,14,16,19H,1-6,8-11H2;2*1H. The van der Waals surface area contributed by atoms with Crippen molar-refractivity contribution < 1.29 is 5.11 Å². The summed E-state index contributed by atoms with van der Waals surface area (Å²) in [7, 11) is 0. The summed E-state index contributed by atoms with van der Waals surface area (Å²) in [5, 5.41) is 15.4. The molecule has 1 aromatic rings. The number of halogens is 2. The van der Waals surface area contributed by atoms with Gasteiger partial charge in [0.25, 0.3) is 0 Å². The number of rotatable bonds is 4. The van der Waals surface area contributed by atoms with Crippen LogP contribution in [0.5, 0.6) is 0 Å². The van der Waals surface area contributed by atoms with Crippen LogP contribution in [0.3, 0.4) is 0 Å². The normalized spacial score (nSPS) is 23.6. The maximum Gasteiger partial charge on any atom is 0.0791 e. The lowest BCUT2D eigenvalue weighted by Crippen LogP contribution is -2.32. The summed E-state index contributed by atoms with van der Waals surface area (Å²) < 4.78 is 0. The van der Waals surface area contributed by atoms with E-state index in [4.69, 9.17) is 0 Å². The third-order valence-electron chi connectivity index (χ3n) is 4.15. The van der Waals surface area contributed by atoms with E-state index < -0.39 is 0 Å². The Morgan fingerprint density at radius 3 is 2.68 bits per heavy atom. The predicted molar refractivity (Wildman–Crippen MR) is 97.5 cm³/mol. The highest BCUT2D eigenvalue weighted by molar-refractivity contribution is 7.10. The van der Waals surface area contributed by atoms with E-state index in [9.17, 15) is 5.11 Å². The molecule has 2 fully saturated rings. The molecule has 128 valence electrons. The zero-order chi connectivity index (χ0) is 13.8. The fourth-order valence-electron chi connectivity index (χ4n) is 3.11. The molecule has 2 aliphatic heterocycles. The third kappa shape index (κ3) is 5.96. The first-order valence-corrected chi connectivity index (χ1v) is 8.57. The van der Waals surface area contributed by atoms with Crippen molar-refractivity contribution in [1.82, 2.24) is 15.1 Å². The van der Waals surface area contributed by atoms with Crippen LogP contribution in [0.15, 0.2) is 11.4 Å². The molecule has 2 saturated heterocycles. The summed E-state index contributed by atoms with van der Waals surface area (Å²) in [4.78, 5) is 6.33. The molecule has 1 aromatic heterocycles. The molecule has 0 bridgehead atoms. The van der Waals surface area contributed by atoms with Crippen LogP contribution in [0.1, 0.15) is 23.3 Å². The summed E-state index contributed by atoms with van der Waals surface area (Å²) in [5.74, 6) is 0. The number of nitrogens with one attached hydrogen (secondary N) is 1. The van der Waals surface area contributed by atoms with E-state index >= 15 is 0 Å². The average Bonchev–Trinajstić information content (AvgIpc) is 3.03. The summed E-state index contributed by atoms with van der Waals surface area (Å²) >= 11 is 1.86. The van der Waals surface area contributed by atoms with Gasteiger partial charge >= 0.3 is 0 Å². The molecule has 0 aliphatic carbocycles. The van der Waals surface area contributed by atoms with Crippen molar-refractivity contribution in [2.24, 2.45) is 0 Å². The molecular weight excluding hydrogens is 341 g/mol. The second-order valence-corrected chi connectivity index (χ2v) is 6.99. The molecule has 0 radical (unpaired) electrons. The molecule has 0 aromatic carbocycles. The molecule has 22 heavy (non-hydrogen) atoms. The minimum absolute atomic E-state index is 0. The van der Waals surface area contributed by atoms with Crippen molar-refractivity contribution in [2.75, 3.05) is 39.3 Å². The lowest BCUT2D eigenvalue weighted by atomic mass is 10.2. The van der Waals surface area contributed by atoms with Crippen LogP contribution in [0.2, 0.25) is 0 Å². The molecule has 1 unspecified atom stereocenters. The second-order valence-electron chi connectivity index (χ2n) is 6.00. The number of hydrogen-bond donors (Lipinski definition) is 2. The molecule has 3 heterocycles. The van der Waals surface area contributed by atoms with E-state index in [1.807, 2.05) is 11.3 Å². The van der Waals surface area contributed by atoms with Crippen molar-refractivity contribution in [3.05, 3.63) is 21.9 Å². The van der Waals surface area contributed by atoms with Crippen LogP contribution >= 0.6 is 36.2 Å². The SMILES string of the molecule is Cl.Cl.OC1CNCCN(Cc2cc(CN3CCCC3)cs2)C1. The summed E-state index contributed by atoms with van der Waals surface area (Å²) in [6.45, 7) is 8.11. The number of nitrogens with zero attached hydrogens (tertiary/aromatic N) is 2. The fraction of sp³-hybridized carbons (Fsp3) is 0.733. The fourth-order valence-corrected chi connectivity index (χ4v) is 4.04. The minimum Gasteiger partial charge on any atom is -0.390 e. The number of hydrogen-bond acceptors (Lipinski definition) is 5. The molecule has 4 nitrogen and oxygen atoms in total. The van der Waals surface area contributed by atoms with Gasteiger partial charge in [-0.3, -0.25) is 9.80 Å². The van der Waals surface area contributed by atoms with Gasteiger partial charge in [0.2, 0.25) is 0 Å². The molecule has 3 rings (SSSR count). The summed E-state index contributed by atoms with van der Waals surface area (Å²) in [6, 6.07) is 2.35. The largest absolute Gasteiger partial charge is 0.390 e. The van der Waals surface area contributed by atoms with Gasteiger partial charge in [-0.25, -0.2) is 0 Å². The van der Waals surface area contributed by atoms with E-state index in [2.05, 4.69) is 26.6 Å². The lowest BCUT2D eigenvalue weighted by molar-refractivity contribution is 0.128. The van der Waals surface area contributed by atoms with Gasteiger partial charge in [-0.15, -0.1) is 36.2 Å². The quantitative estimate of drug-likeness (QED) is 0.852. The highest BCUT2D eigenvalue weighted by atomic mass is 35.5. The summed E-state index contributed by atoms with van der Waals surface area (Å²) in [5.41, 5.74) is 1.46. The Morgan fingerprint density at radius 1 is 1.14 bits per heavy atom. The maximum atomic E-state index is 9.83. The van der Waals surface area contributed by atoms with Crippen LogP contribution in [-0.4, -0.2) is 60.3 Å². The van der Waals surface area contributed by atoms with Gasteiger partial charge in [-0.2, -0.15) is 0 Å². The minimum atomic E-state index is -0.235. The molecule has 7 heteroatoms. The highest BCUT2D eigenvalue weighted by Gasteiger charge is 2.17. The van der Waals surface area contributed by atoms with Gasteiger partial charge in [-0.1, -0.05) is 0 Å². The first-order chi connectivity index (χ1) is 9.79. The number of aliphatic hydroxyl groups is 1. The monoisotopic (exact) mass is 367 g/mol. The maximum absolute atomic E-state index is 9.83. The number of β-amino-alcohol motifs (C(OH)–C–C–N with tert-alkyl or cyclic N) is 1. The Hall–Kier alpha value is 0.120. The van der Waals surface area contributed by atoms with Crippen LogP contribution in [0, 0.1) is 0 Å². The second kappa shape index (κ2) is 10.1. The van der Waals surface area contributed by atoms with Gasteiger partial charge in [0.15, 0.2) is 0 Å². The number of thiophene rings is 1. The van der Waals surface area contributed by atoms with Gasteiger partial charge in [0.1, 0.15) is 0 Å². The Labute approximate surface area is 149 Å². The van der Waals surface area contributed by atoms with Crippen LogP contribution in [-0.2, 0) is 13.1 Å². The topological polar surface area (TPSA) is 38.7 Å². The van der Waals surface area contributed by atoms with E-state index in [1.165, 1.54) is 36.4 Å². The van der Waals surface area contributed by atoms with E-state index in [0.29, 0.717) is 0 Å². The van der Waals surface area contributed by atoms with Crippen molar-refractivity contribution in [3.8, 4) is 0 Å². The third-order valence-corrected chi connectivity index (χ3v) is 5.12. The van der Waals surface area contributed by atoms with Crippen molar-refractivity contribution in [3.63, 3.8) is 0 Å². The van der Waals surface area contributed by atoms with E-state index in [0.717, 1.165) is 39.3 Å². The summed E-state index contributed by atoms with van der Waals surface area (Å²) in [6.07, 6.45) is 2.48. The Kier molecular flexibility index (Phi) is 9.24. The molecule has 0 saturated carbocycles. The van der Waals surface area contributed by atoms with Crippen molar-refractivity contribution in [2.45, 2.75) is 32.0 Å². The van der Waals surface area contributed by atoms with Gasteiger partial charge in [-0.05, 0) is 42.9 Å². The molecule has 2 N–H and O–H groups in total. The zero-order valence-electron chi connectivity index (χ0n) is 12.9. The average molecular weight is 368 g/mol. The molecule has 2 aliphatic rings.